The minimum Gasteiger partial charge on any atom is -0.309 e. The molecule has 1 unspecified atom stereocenters. The van der Waals surface area contributed by atoms with Crippen LogP contribution in [0.25, 0.3) is 10.2 Å². The van der Waals surface area contributed by atoms with E-state index in [1.807, 2.05) is 17.5 Å². The summed E-state index contributed by atoms with van der Waals surface area (Å²) in [6, 6.07) is 8.51. The summed E-state index contributed by atoms with van der Waals surface area (Å²) < 4.78 is 15.2. The van der Waals surface area contributed by atoms with Gasteiger partial charge in [-0.2, -0.15) is 0 Å². The minimum absolute atomic E-state index is 0.244. The van der Waals surface area contributed by atoms with Crippen LogP contribution in [0.4, 0.5) is 4.39 Å². The monoisotopic (exact) mass is 306 g/mol. The average Bonchev–Trinajstić information content (AvgIpc) is 2.89. The molecule has 2 aromatic heterocycles. The fourth-order valence-electron chi connectivity index (χ4n) is 2.26. The molecule has 1 atom stereocenters. The Morgan fingerprint density at radius 3 is 2.90 bits per heavy atom. The second-order valence-electron chi connectivity index (χ2n) is 4.46. The summed E-state index contributed by atoms with van der Waals surface area (Å²) in [6.07, 6.45) is 1.78. The molecule has 0 spiro atoms. The number of halogens is 2. The van der Waals surface area contributed by atoms with Crippen LogP contribution in [-0.4, -0.2) is 12.0 Å². The van der Waals surface area contributed by atoms with Crippen molar-refractivity contribution in [2.24, 2.45) is 0 Å². The third kappa shape index (κ3) is 2.42. The topological polar surface area (TPSA) is 24.9 Å². The summed E-state index contributed by atoms with van der Waals surface area (Å²) in [7, 11) is 1.80. The summed E-state index contributed by atoms with van der Waals surface area (Å²) >= 11 is 7.43. The highest BCUT2D eigenvalue weighted by Crippen LogP contribution is 2.28. The predicted octanol–water partition coefficient (Wildman–Crippen LogP) is 4.40. The van der Waals surface area contributed by atoms with E-state index in [2.05, 4.69) is 10.3 Å². The van der Waals surface area contributed by atoms with E-state index >= 15 is 0 Å². The molecule has 2 nitrogen and oxygen atoms in total. The molecule has 0 bridgehead atoms. The van der Waals surface area contributed by atoms with E-state index in [1.165, 1.54) is 6.07 Å². The van der Waals surface area contributed by atoms with Gasteiger partial charge in [-0.15, -0.1) is 11.3 Å². The van der Waals surface area contributed by atoms with Crippen molar-refractivity contribution in [2.45, 2.75) is 6.04 Å². The van der Waals surface area contributed by atoms with Crippen LogP contribution >= 0.6 is 22.9 Å². The van der Waals surface area contributed by atoms with Gasteiger partial charge in [0.25, 0.3) is 0 Å². The fourth-order valence-corrected chi connectivity index (χ4v) is 3.20. The van der Waals surface area contributed by atoms with Crippen LogP contribution in [-0.2, 0) is 0 Å². The highest BCUT2D eigenvalue weighted by atomic mass is 35.5. The molecule has 102 valence electrons. The first-order valence-electron chi connectivity index (χ1n) is 6.14. The molecular weight excluding hydrogens is 295 g/mol. The molecule has 0 aliphatic carbocycles. The van der Waals surface area contributed by atoms with Crippen molar-refractivity contribution in [3.8, 4) is 0 Å². The van der Waals surface area contributed by atoms with Gasteiger partial charge in [-0.25, -0.2) is 4.39 Å². The number of fused-ring (bicyclic) bond motifs is 1. The van der Waals surface area contributed by atoms with Crippen LogP contribution in [0.15, 0.2) is 41.9 Å². The second kappa shape index (κ2) is 5.48. The van der Waals surface area contributed by atoms with Gasteiger partial charge < -0.3 is 5.32 Å². The number of pyridine rings is 1. The van der Waals surface area contributed by atoms with E-state index in [0.717, 1.165) is 15.8 Å². The zero-order valence-electron chi connectivity index (χ0n) is 10.7. The van der Waals surface area contributed by atoms with E-state index in [4.69, 9.17) is 11.6 Å². The van der Waals surface area contributed by atoms with Crippen molar-refractivity contribution >= 4 is 33.2 Å². The number of rotatable bonds is 3. The van der Waals surface area contributed by atoms with Crippen molar-refractivity contribution < 1.29 is 4.39 Å². The number of thiophene rings is 1. The maximum absolute atomic E-state index is 14.1. The summed E-state index contributed by atoms with van der Waals surface area (Å²) in [4.78, 5) is 4.40. The van der Waals surface area contributed by atoms with Crippen molar-refractivity contribution in [1.82, 2.24) is 10.3 Å². The molecule has 3 rings (SSSR count). The first-order valence-corrected chi connectivity index (χ1v) is 7.40. The zero-order valence-corrected chi connectivity index (χ0v) is 12.3. The van der Waals surface area contributed by atoms with Gasteiger partial charge in [-0.3, -0.25) is 4.98 Å². The number of hydrogen-bond donors (Lipinski definition) is 1. The lowest BCUT2D eigenvalue weighted by atomic mass is 10.00. The van der Waals surface area contributed by atoms with Gasteiger partial charge >= 0.3 is 0 Å². The van der Waals surface area contributed by atoms with Crippen LogP contribution in [0.3, 0.4) is 0 Å². The standard InChI is InChI=1S/C15H12ClFN2S/c1-18-15(11-3-2-10(16)7-12(11)17)9-6-14-13(19-8-9)4-5-20-14/h2-8,15,18H,1H3. The van der Waals surface area contributed by atoms with Gasteiger partial charge in [-0.1, -0.05) is 17.7 Å². The first kappa shape index (κ1) is 13.5. The van der Waals surface area contributed by atoms with Crippen molar-refractivity contribution in [3.63, 3.8) is 0 Å². The molecule has 1 N–H and O–H groups in total. The Kier molecular flexibility index (Phi) is 3.70. The maximum atomic E-state index is 14.1. The SMILES string of the molecule is CNC(c1cnc2ccsc2c1)c1ccc(Cl)cc1F. The van der Waals surface area contributed by atoms with Gasteiger partial charge in [0, 0.05) is 16.8 Å². The number of nitrogens with zero attached hydrogens (tertiary/aromatic N) is 1. The third-order valence-corrected chi connectivity index (χ3v) is 4.31. The highest BCUT2D eigenvalue weighted by molar-refractivity contribution is 7.17. The molecule has 5 heteroatoms. The number of aromatic nitrogens is 1. The number of nitrogens with one attached hydrogen (secondary N) is 1. The van der Waals surface area contributed by atoms with Crippen LogP contribution in [0.2, 0.25) is 5.02 Å². The molecule has 0 amide bonds. The van der Waals surface area contributed by atoms with E-state index in [-0.39, 0.29) is 11.9 Å². The highest BCUT2D eigenvalue weighted by Gasteiger charge is 2.17. The first-order chi connectivity index (χ1) is 9.69. The predicted molar refractivity (Wildman–Crippen MR) is 81.9 cm³/mol. The van der Waals surface area contributed by atoms with Crippen LogP contribution in [0, 0.1) is 5.82 Å². The van der Waals surface area contributed by atoms with Crippen molar-refractivity contribution in [3.05, 3.63) is 63.9 Å². The molecule has 20 heavy (non-hydrogen) atoms. The molecule has 0 radical (unpaired) electrons. The normalized spacial score (nSPS) is 12.8. The Labute approximate surface area is 125 Å². The Morgan fingerprint density at radius 1 is 1.30 bits per heavy atom. The lowest BCUT2D eigenvalue weighted by Gasteiger charge is -2.17. The largest absolute Gasteiger partial charge is 0.309 e. The summed E-state index contributed by atoms with van der Waals surface area (Å²) in [5, 5.41) is 5.53. The molecule has 0 saturated carbocycles. The average molecular weight is 307 g/mol. The smallest absolute Gasteiger partial charge is 0.129 e. The van der Waals surface area contributed by atoms with E-state index in [9.17, 15) is 4.39 Å². The van der Waals surface area contributed by atoms with Crippen LogP contribution < -0.4 is 5.32 Å². The number of benzene rings is 1. The Bertz CT molecular complexity index is 756. The van der Waals surface area contributed by atoms with E-state index in [0.29, 0.717) is 10.6 Å². The molecule has 3 aromatic rings. The van der Waals surface area contributed by atoms with Gasteiger partial charge in [0.1, 0.15) is 5.82 Å². The quantitative estimate of drug-likeness (QED) is 0.776. The third-order valence-electron chi connectivity index (χ3n) is 3.22. The molecule has 0 fully saturated rings. The van der Waals surface area contributed by atoms with Gasteiger partial charge in [-0.05, 0) is 42.3 Å². The van der Waals surface area contributed by atoms with Crippen molar-refractivity contribution in [1.29, 1.82) is 0 Å². The Hall–Kier alpha value is -1.49. The molecule has 2 heterocycles. The molecule has 0 saturated heterocycles. The van der Waals surface area contributed by atoms with Crippen molar-refractivity contribution in [2.75, 3.05) is 7.05 Å². The van der Waals surface area contributed by atoms with Gasteiger partial charge in [0.15, 0.2) is 0 Å². The molecule has 1 aromatic carbocycles. The maximum Gasteiger partial charge on any atom is 0.129 e. The van der Waals surface area contributed by atoms with E-state index < -0.39 is 0 Å². The Morgan fingerprint density at radius 2 is 2.15 bits per heavy atom. The lowest BCUT2D eigenvalue weighted by Crippen LogP contribution is -2.19. The fraction of sp³-hybridized carbons (Fsp3) is 0.133. The second-order valence-corrected chi connectivity index (χ2v) is 5.84. The summed E-state index contributed by atoms with van der Waals surface area (Å²) in [5.41, 5.74) is 2.46. The lowest BCUT2D eigenvalue weighted by molar-refractivity contribution is 0.576. The number of hydrogen-bond acceptors (Lipinski definition) is 3. The molecule has 0 aliphatic heterocycles. The molecule has 0 aliphatic rings. The van der Waals surface area contributed by atoms with Crippen LogP contribution in [0.1, 0.15) is 17.2 Å². The van der Waals surface area contributed by atoms with E-state index in [1.54, 1.807) is 36.7 Å². The Balaban J connectivity index is 2.08. The van der Waals surface area contributed by atoms with Gasteiger partial charge in [0.2, 0.25) is 0 Å². The van der Waals surface area contributed by atoms with Gasteiger partial charge in [0.05, 0.1) is 16.3 Å². The minimum atomic E-state index is -0.317. The molecular formula is C15H12ClFN2S. The summed E-state index contributed by atoms with van der Waals surface area (Å²) in [6.45, 7) is 0. The van der Waals surface area contributed by atoms with Crippen LogP contribution in [0.5, 0.6) is 0 Å². The summed E-state index contributed by atoms with van der Waals surface area (Å²) in [5.74, 6) is -0.317. The zero-order chi connectivity index (χ0) is 14.1.